The molecule has 0 atom stereocenters. The molecule has 1 saturated heterocycles. The normalized spacial score (nSPS) is 15.5. The lowest BCUT2D eigenvalue weighted by molar-refractivity contribution is 0.154. The van der Waals surface area contributed by atoms with Gasteiger partial charge in [0.2, 0.25) is 5.95 Å². The van der Waals surface area contributed by atoms with E-state index in [1.807, 2.05) is 18.2 Å². The molecule has 0 bridgehead atoms. The molecule has 3 heterocycles. The third-order valence-electron chi connectivity index (χ3n) is 5.16. The molecule has 0 amide bonds. The van der Waals surface area contributed by atoms with Gasteiger partial charge in [0, 0.05) is 37.4 Å². The van der Waals surface area contributed by atoms with Crippen LogP contribution in [0.5, 0.6) is 0 Å². The molecule has 0 spiro atoms. The molecule has 0 radical (unpaired) electrons. The van der Waals surface area contributed by atoms with E-state index in [4.69, 9.17) is 16.9 Å². The summed E-state index contributed by atoms with van der Waals surface area (Å²) in [5.74, 6) is 0.595. The molecule has 4 rings (SSSR count). The van der Waals surface area contributed by atoms with Crippen LogP contribution in [0, 0.1) is 11.3 Å². The summed E-state index contributed by atoms with van der Waals surface area (Å²) in [4.78, 5) is 14.8. The predicted octanol–water partition coefficient (Wildman–Crippen LogP) is 3.93. The van der Waals surface area contributed by atoms with Crippen LogP contribution < -0.4 is 5.32 Å². The third-order valence-corrected chi connectivity index (χ3v) is 6.54. The molecule has 0 aliphatic carbocycles. The molecule has 1 aliphatic rings. The highest BCUT2D eigenvalue weighted by molar-refractivity contribution is 7.22. The number of benzene rings is 1. The smallest absolute Gasteiger partial charge is 0.223 e. The zero-order valence-electron chi connectivity index (χ0n) is 16.4. The molecule has 3 aromatic rings. The van der Waals surface area contributed by atoms with Gasteiger partial charge in [0.25, 0.3) is 0 Å². The van der Waals surface area contributed by atoms with Crippen molar-refractivity contribution in [1.82, 2.24) is 19.8 Å². The van der Waals surface area contributed by atoms with Gasteiger partial charge >= 0.3 is 0 Å². The van der Waals surface area contributed by atoms with Crippen LogP contribution in [-0.4, -0.2) is 66.1 Å². The standard InChI is InChI=1S/C21H23ClN6S/c1-27-7-9-28(10-8-27)6-2-5-24-21-25-14-17(22)20(26-21)19-12-16-4-3-15(13-23)11-18(16)29-19/h3-4,11-12,14H,2,5-10H2,1H3,(H,24,25,26). The fraction of sp³-hybridized carbons (Fsp3) is 0.381. The lowest BCUT2D eigenvalue weighted by atomic mass is 10.2. The van der Waals surface area contributed by atoms with Crippen molar-refractivity contribution in [3.63, 3.8) is 0 Å². The molecule has 1 aliphatic heterocycles. The minimum Gasteiger partial charge on any atom is -0.354 e. The number of hydrogen-bond acceptors (Lipinski definition) is 7. The maximum absolute atomic E-state index is 9.10. The highest BCUT2D eigenvalue weighted by atomic mass is 35.5. The lowest BCUT2D eigenvalue weighted by Gasteiger charge is -2.32. The Morgan fingerprint density at radius 3 is 2.86 bits per heavy atom. The number of rotatable bonds is 6. The number of fused-ring (bicyclic) bond motifs is 1. The Balaban J connectivity index is 1.40. The molecular formula is C21H23ClN6S. The maximum atomic E-state index is 9.10. The van der Waals surface area contributed by atoms with E-state index in [1.54, 1.807) is 17.5 Å². The Labute approximate surface area is 179 Å². The first-order valence-electron chi connectivity index (χ1n) is 9.74. The lowest BCUT2D eigenvalue weighted by Crippen LogP contribution is -2.44. The molecule has 1 fully saturated rings. The Morgan fingerprint density at radius 1 is 1.24 bits per heavy atom. The molecule has 6 nitrogen and oxygen atoms in total. The number of nitriles is 1. The van der Waals surface area contributed by atoms with E-state index in [-0.39, 0.29) is 0 Å². The fourth-order valence-corrected chi connectivity index (χ4v) is 4.77. The minimum atomic E-state index is 0.528. The second-order valence-electron chi connectivity index (χ2n) is 7.29. The van der Waals surface area contributed by atoms with E-state index in [9.17, 15) is 0 Å². The summed E-state index contributed by atoms with van der Waals surface area (Å²) in [5.41, 5.74) is 1.38. The first-order valence-corrected chi connectivity index (χ1v) is 10.9. The number of hydrogen-bond donors (Lipinski definition) is 1. The summed E-state index contributed by atoms with van der Waals surface area (Å²) in [7, 11) is 2.17. The fourth-order valence-electron chi connectivity index (χ4n) is 3.42. The molecule has 150 valence electrons. The average Bonchev–Trinajstić information content (AvgIpc) is 3.16. The van der Waals surface area contributed by atoms with Gasteiger partial charge in [0.1, 0.15) is 5.69 Å². The summed E-state index contributed by atoms with van der Waals surface area (Å²) in [5, 5.41) is 14.0. The van der Waals surface area contributed by atoms with Crippen LogP contribution in [0.4, 0.5) is 5.95 Å². The number of nitrogens with one attached hydrogen (secondary N) is 1. The molecule has 0 saturated carbocycles. The van der Waals surface area contributed by atoms with Gasteiger partial charge in [-0.2, -0.15) is 5.26 Å². The Bertz CT molecular complexity index is 1040. The molecule has 1 N–H and O–H groups in total. The SMILES string of the molecule is CN1CCN(CCCNc2ncc(Cl)c(-c3cc4ccc(C#N)cc4s3)n2)CC1. The zero-order valence-corrected chi connectivity index (χ0v) is 17.9. The van der Waals surface area contributed by atoms with E-state index in [0.717, 1.165) is 66.3 Å². The van der Waals surface area contributed by atoms with E-state index in [1.165, 1.54) is 0 Å². The van der Waals surface area contributed by atoms with Crippen molar-refractivity contribution in [1.29, 1.82) is 5.26 Å². The summed E-state index contributed by atoms with van der Waals surface area (Å²) in [6.07, 6.45) is 2.70. The first kappa shape index (κ1) is 20.0. The van der Waals surface area contributed by atoms with Gasteiger partial charge in [0.05, 0.1) is 27.7 Å². The number of piperazine rings is 1. The minimum absolute atomic E-state index is 0.528. The summed E-state index contributed by atoms with van der Waals surface area (Å²) < 4.78 is 1.05. The van der Waals surface area contributed by atoms with Crippen molar-refractivity contribution in [3.8, 4) is 16.6 Å². The van der Waals surface area contributed by atoms with Gasteiger partial charge < -0.3 is 15.1 Å². The number of nitrogens with zero attached hydrogens (tertiary/aromatic N) is 5. The van der Waals surface area contributed by atoms with Crippen LogP contribution in [-0.2, 0) is 0 Å². The van der Waals surface area contributed by atoms with Gasteiger partial charge in [-0.3, -0.25) is 0 Å². The van der Waals surface area contributed by atoms with Gasteiger partial charge in [-0.25, -0.2) is 9.97 Å². The van der Waals surface area contributed by atoms with Gasteiger partial charge in [-0.1, -0.05) is 17.7 Å². The topological polar surface area (TPSA) is 68.1 Å². The summed E-state index contributed by atoms with van der Waals surface area (Å²) in [6.45, 7) is 6.46. The summed E-state index contributed by atoms with van der Waals surface area (Å²) >= 11 is 7.97. The third kappa shape index (κ3) is 4.85. The maximum Gasteiger partial charge on any atom is 0.223 e. The number of thiophene rings is 1. The first-order chi connectivity index (χ1) is 14.1. The van der Waals surface area contributed by atoms with Gasteiger partial charge in [0.15, 0.2) is 0 Å². The quantitative estimate of drug-likeness (QED) is 0.602. The van der Waals surface area contributed by atoms with E-state index in [2.05, 4.69) is 44.3 Å². The highest BCUT2D eigenvalue weighted by Crippen LogP contribution is 2.36. The van der Waals surface area contributed by atoms with Crippen LogP contribution in [0.2, 0.25) is 5.02 Å². The number of halogens is 1. The van der Waals surface area contributed by atoms with E-state index in [0.29, 0.717) is 16.5 Å². The number of aromatic nitrogens is 2. The van der Waals surface area contributed by atoms with Crippen molar-refractivity contribution in [2.24, 2.45) is 0 Å². The van der Waals surface area contributed by atoms with Crippen molar-refractivity contribution in [2.75, 3.05) is 51.6 Å². The Kier molecular flexibility index (Phi) is 6.26. The molecular weight excluding hydrogens is 404 g/mol. The second kappa shape index (κ2) is 9.06. The van der Waals surface area contributed by atoms with Crippen molar-refractivity contribution in [2.45, 2.75) is 6.42 Å². The number of likely N-dealkylation sites (N-methyl/N-ethyl adjacent to an activating group) is 1. The van der Waals surface area contributed by atoms with Crippen LogP contribution in [0.25, 0.3) is 20.7 Å². The van der Waals surface area contributed by atoms with E-state index >= 15 is 0 Å². The summed E-state index contributed by atoms with van der Waals surface area (Å²) in [6, 6.07) is 9.93. The Morgan fingerprint density at radius 2 is 2.07 bits per heavy atom. The van der Waals surface area contributed by atoms with Crippen LogP contribution in [0.15, 0.2) is 30.5 Å². The highest BCUT2D eigenvalue weighted by Gasteiger charge is 2.14. The molecule has 8 heteroatoms. The second-order valence-corrected chi connectivity index (χ2v) is 8.78. The van der Waals surface area contributed by atoms with Crippen LogP contribution in [0.1, 0.15) is 12.0 Å². The predicted molar refractivity (Wildman–Crippen MR) is 120 cm³/mol. The van der Waals surface area contributed by atoms with Crippen molar-refractivity contribution >= 4 is 39.0 Å². The molecule has 1 aromatic carbocycles. The van der Waals surface area contributed by atoms with E-state index < -0.39 is 0 Å². The van der Waals surface area contributed by atoms with Gasteiger partial charge in [-0.15, -0.1) is 11.3 Å². The number of anilines is 1. The van der Waals surface area contributed by atoms with Crippen LogP contribution in [0.3, 0.4) is 0 Å². The molecule has 2 aromatic heterocycles. The zero-order chi connectivity index (χ0) is 20.2. The molecule has 29 heavy (non-hydrogen) atoms. The average molecular weight is 427 g/mol. The Hall–Kier alpha value is -2.24. The van der Waals surface area contributed by atoms with Crippen LogP contribution >= 0.6 is 22.9 Å². The van der Waals surface area contributed by atoms with Gasteiger partial charge in [-0.05, 0) is 43.6 Å². The van der Waals surface area contributed by atoms with Crippen molar-refractivity contribution < 1.29 is 0 Å². The molecule has 0 unspecified atom stereocenters. The monoisotopic (exact) mass is 426 g/mol. The largest absolute Gasteiger partial charge is 0.354 e. The van der Waals surface area contributed by atoms with Crippen molar-refractivity contribution in [3.05, 3.63) is 41.0 Å².